The molecule has 0 aliphatic heterocycles. The lowest BCUT2D eigenvalue weighted by Gasteiger charge is -2.17. The standard InChI is InChI=1S/C18H21NO3/c1-11-5-8-17(13(3)9-11)22-14(4)18(21)19-15-7-6-12(2)16(20)10-15/h5-10,14,20H,1-4H3,(H,19,21). The summed E-state index contributed by atoms with van der Waals surface area (Å²) in [7, 11) is 0. The van der Waals surface area contributed by atoms with E-state index in [1.807, 2.05) is 32.0 Å². The van der Waals surface area contributed by atoms with Crippen molar-refractivity contribution in [1.82, 2.24) is 0 Å². The van der Waals surface area contributed by atoms with Crippen molar-refractivity contribution in [3.63, 3.8) is 0 Å². The smallest absolute Gasteiger partial charge is 0.265 e. The fourth-order valence-electron chi connectivity index (χ4n) is 2.11. The summed E-state index contributed by atoms with van der Waals surface area (Å²) in [4.78, 5) is 12.2. The summed E-state index contributed by atoms with van der Waals surface area (Å²) in [5.41, 5.74) is 3.45. The Morgan fingerprint density at radius 2 is 1.82 bits per heavy atom. The number of ether oxygens (including phenoxy) is 1. The Hall–Kier alpha value is -2.49. The van der Waals surface area contributed by atoms with Crippen LogP contribution < -0.4 is 10.1 Å². The highest BCUT2D eigenvalue weighted by molar-refractivity contribution is 5.94. The molecule has 1 atom stereocenters. The Kier molecular flexibility index (Phi) is 4.71. The third-order valence-electron chi connectivity index (χ3n) is 3.48. The van der Waals surface area contributed by atoms with Gasteiger partial charge in [-0.3, -0.25) is 4.79 Å². The number of phenolic OH excluding ortho intramolecular Hbond substituents is 1. The molecule has 0 radical (unpaired) electrons. The van der Waals surface area contributed by atoms with Crippen LogP contribution >= 0.6 is 0 Å². The highest BCUT2D eigenvalue weighted by Gasteiger charge is 2.16. The largest absolute Gasteiger partial charge is 0.508 e. The maximum Gasteiger partial charge on any atom is 0.265 e. The van der Waals surface area contributed by atoms with E-state index in [-0.39, 0.29) is 11.7 Å². The molecule has 0 spiro atoms. The fraction of sp³-hybridized carbons (Fsp3) is 0.278. The quantitative estimate of drug-likeness (QED) is 0.904. The van der Waals surface area contributed by atoms with E-state index in [0.717, 1.165) is 16.7 Å². The first-order chi connectivity index (χ1) is 10.4. The number of nitrogens with one attached hydrogen (secondary N) is 1. The van der Waals surface area contributed by atoms with Crippen LogP contribution in [0, 0.1) is 20.8 Å². The molecule has 2 rings (SSSR count). The predicted octanol–water partition coefficient (Wildman–Crippen LogP) is 3.72. The van der Waals surface area contributed by atoms with Crippen molar-refractivity contribution in [1.29, 1.82) is 0 Å². The van der Waals surface area contributed by atoms with Crippen LogP contribution in [0.15, 0.2) is 36.4 Å². The van der Waals surface area contributed by atoms with Crippen molar-refractivity contribution in [3.05, 3.63) is 53.1 Å². The fourth-order valence-corrected chi connectivity index (χ4v) is 2.11. The molecule has 2 aromatic rings. The minimum Gasteiger partial charge on any atom is -0.508 e. The van der Waals surface area contributed by atoms with Gasteiger partial charge in [0.15, 0.2) is 6.10 Å². The van der Waals surface area contributed by atoms with Crippen molar-refractivity contribution < 1.29 is 14.6 Å². The Morgan fingerprint density at radius 1 is 1.09 bits per heavy atom. The van der Waals surface area contributed by atoms with Crippen molar-refractivity contribution >= 4 is 11.6 Å². The zero-order valence-electron chi connectivity index (χ0n) is 13.3. The van der Waals surface area contributed by atoms with E-state index >= 15 is 0 Å². The Bertz CT molecular complexity index is 695. The van der Waals surface area contributed by atoms with Crippen LogP contribution in [0.2, 0.25) is 0 Å². The minimum atomic E-state index is -0.634. The van der Waals surface area contributed by atoms with Gasteiger partial charge in [0.1, 0.15) is 11.5 Å². The molecule has 0 heterocycles. The Balaban J connectivity index is 2.04. The SMILES string of the molecule is Cc1ccc(OC(C)C(=O)Nc2ccc(C)c(O)c2)c(C)c1. The highest BCUT2D eigenvalue weighted by atomic mass is 16.5. The van der Waals surface area contributed by atoms with Crippen LogP contribution in [-0.4, -0.2) is 17.1 Å². The molecule has 2 aromatic carbocycles. The second-order valence-electron chi connectivity index (χ2n) is 5.52. The average Bonchev–Trinajstić information content (AvgIpc) is 2.45. The maximum absolute atomic E-state index is 12.2. The first kappa shape index (κ1) is 15.9. The molecule has 0 aromatic heterocycles. The van der Waals surface area contributed by atoms with Crippen molar-refractivity contribution in [2.75, 3.05) is 5.32 Å². The number of aryl methyl sites for hydroxylation is 3. The third-order valence-corrected chi connectivity index (χ3v) is 3.48. The molecule has 2 N–H and O–H groups in total. The number of carbonyl (C=O) groups is 1. The summed E-state index contributed by atoms with van der Waals surface area (Å²) in [6.45, 7) is 7.46. The third kappa shape index (κ3) is 3.79. The van der Waals surface area contributed by atoms with Gasteiger partial charge < -0.3 is 15.2 Å². The van der Waals surface area contributed by atoms with E-state index < -0.39 is 6.10 Å². The number of carbonyl (C=O) groups excluding carboxylic acids is 1. The molecule has 1 unspecified atom stereocenters. The number of aromatic hydroxyl groups is 1. The first-order valence-electron chi connectivity index (χ1n) is 7.21. The van der Waals surface area contributed by atoms with Crippen LogP contribution in [0.4, 0.5) is 5.69 Å². The summed E-state index contributed by atoms with van der Waals surface area (Å²) in [5.74, 6) is 0.587. The molecule has 0 aliphatic rings. The van der Waals surface area contributed by atoms with Gasteiger partial charge in [-0.1, -0.05) is 23.8 Å². The average molecular weight is 299 g/mol. The molecular formula is C18H21NO3. The van der Waals surface area contributed by atoms with E-state index in [1.165, 1.54) is 6.07 Å². The number of hydrogen-bond acceptors (Lipinski definition) is 3. The molecule has 0 saturated carbocycles. The van der Waals surface area contributed by atoms with Gasteiger partial charge in [-0.05, 0) is 51.0 Å². The lowest BCUT2D eigenvalue weighted by molar-refractivity contribution is -0.122. The maximum atomic E-state index is 12.2. The molecule has 0 saturated heterocycles. The van der Waals surface area contributed by atoms with Crippen LogP contribution in [0.3, 0.4) is 0 Å². The van der Waals surface area contributed by atoms with Gasteiger partial charge in [-0.2, -0.15) is 0 Å². The van der Waals surface area contributed by atoms with Gasteiger partial charge in [0.25, 0.3) is 5.91 Å². The first-order valence-corrected chi connectivity index (χ1v) is 7.21. The molecule has 4 nitrogen and oxygen atoms in total. The molecule has 4 heteroatoms. The van der Waals surface area contributed by atoms with Crippen LogP contribution in [0.1, 0.15) is 23.6 Å². The summed E-state index contributed by atoms with van der Waals surface area (Å²) < 4.78 is 5.71. The normalized spacial score (nSPS) is 11.8. The van der Waals surface area contributed by atoms with Gasteiger partial charge in [0.2, 0.25) is 0 Å². The second kappa shape index (κ2) is 6.52. The lowest BCUT2D eigenvalue weighted by atomic mass is 10.1. The monoisotopic (exact) mass is 299 g/mol. The van der Waals surface area contributed by atoms with Crippen molar-refractivity contribution in [3.8, 4) is 11.5 Å². The number of rotatable bonds is 4. The van der Waals surface area contributed by atoms with E-state index in [0.29, 0.717) is 11.4 Å². The van der Waals surface area contributed by atoms with Gasteiger partial charge in [-0.15, -0.1) is 0 Å². The van der Waals surface area contributed by atoms with E-state index in [1.54, 1.807) is 26.0 Å². The van der Waals surface area contributed by atoms with Crippen LogP contribution in [-0.2, 0) is 4.79 Å². The summed E-state index contributed by atoms with van der Waals surface area (Å²) in [5, 5.41) is 12.4. The van der Waals surface area contributed by atoms with Gasteiger partial charge >= 0.3 is 0 Å². The molecule has 116 valence electrons. The van der Waals surface area contributed by atoms with E-state index in [4.69, 9.17) is 4.74 Å². The number of anilines is 1. The molecule has 1 amide bonds. The van der Waals surface area contributed by atoms with Gasteiger partial charge in [-0.25, -0.2) is 0 Å². The summed E-state index contributed by atoms with van der Waals surface area (Å²) in [6.07, 6.45) is -0.634. The number of phenols is 1. The molecular weight excluding hydrogens is 278 g/mol. The lowest BCUT2D eigenvalue weighted by Crippen LogP contribution is -2.30. The Morgan fingerprint density at radius 3 is 2.45 bits per heavy atom. The van der Waals surface area contributed by atoms with Crippen molar-refractivity contribution in [2.45, 2.75) is 33.8 Å². The topological polar surface area (TPSA) is 58.6 Å². The minimum absolute atomic E-state index is 0.153. The van der Waals surface area contributed by atoms with Gasteiger partial charge in [0, 0.05) is 11.8 Å². The van der Waals surface area contributed by atoms with E-state index in [9.17, 15) is 9.90 Å². The summed E-state index contributed by atoms with van der Waals surface area (Å²) in [6, 6.07) is 10.9. The highest BCUT2D eigenvalue weighted by Crippen LogP contribution is 2.22. The zero-order valence-corrected chi connectivity index (χ0v) is 13.3. The number of hydrogen-bond donors (Lipinski definition) is 2. The molecule has 0 aliphatic carbocycles. The zero-order chi connectivity index (χ0) is 16.3. The van der Waals surface area contributed by atoms with Crippen molar-refractivity contribution in [2.24, 2.45) is 0 Å². The molecule has 22 heavy (non-hydrogen) atoms. The molecule has 0 bridgehead atoms. The van der Waals surface area contributed by atoms with Gasteiger partial charge in [0.05, 0.1) is 0 Å². The number of benzene rings is 2. The predicted molar refractivity (Wildman–Crippen MR) is 87.5 cm³/mol. The summed E-state index contributed by atoms with van der Waals surface area (Å²) >= 11 is 0. The number of amides is 1. The van der Waals surface area contributed by atoms with E-state index in [2.05, 4.69) is 5.32 Å². The van der Waals surface area contributed by atoms with Crippen LogP contribution in [0.25, 0.3) is 0 Å². The Labute approximate surface area is 130 Å². The van der Waals surface area contributed by atoms with Crippen LogP contribution in [0.5, 0.6) is 11.5 Å². The second-order valence-corrected chi connectivity index (χ2v) is 5.52. The molecule has 0 fully saturated rings.